The van der Waals surface area contributed by atoms with E-state index in [1.807, 2.05) is 0 Å². The summed E-state index contributed by atoms with van der Waals surface area (Å²) >= 11 is 3.26. The van der Waals surface area contributed by atoms with Crippen molar-refractivity contribution >= 4 is 28.4 Å². The van der Waals surface area contributed by atoms with E-state index in [9.17, 15) is 0 Å². The second-order valence-electron chi connectivity index (χ2n) is 4.54. The van der Waals surface area contributed by atoms with Crippen molar-refractivity contribution in [3.8, 4) is 0 Å². The van der Waals surface area contributed by atoms with Crippen LogP contribution in [0.2, 0.25) is 0 Å². The van der Waals surface area contributed by atoms with Crippen LogP contribution in [0.1, 0.15) is 24.2 Å². The monoisotopic (exact) mass is 277 g/mol. The Morgan fingerprint density at radius 2 is 2.33 bits per heavy atom. The van der Waals surface area contributed by atoms with Crippen molar-refractivity contribution in [2.45, 2.75) is 36.5 Å². The Hall–Kier alpha value is -1.07. The van der Waals surface area contributed by atoms with Crippen LogP contribution < -0.4 is 5.32 Å². The van der Waals surface area contributed by atoms with Crippen molar-refractivity contribution in [3.05, 3.63) is 35.7 Å². The molecule has 0 radical (unpaired) electrons. The Balaban J connectivity index is 1.57. The maximum absolute atomic E-state index is 4.50. The van der Waals surface area contributed by atoms with Crippen LogP contribution in [0.25, 0.3) is 0 Å². The highest BCUT2D eigenvalue weighted by Crippen LogP contribution is 2.27. The van der Waals surface area contributed by atoms with Gasteiger partial charge in [0.1, 0.15) is 0 Å². The summed E-state index contributed by atoms with van der Waals surface area (Å²) in [6.45, 7) is 2.11. The van der Waals surface area contributed by atoms with E-state index in [4.69, 9.17) is 0 Å². The van der Waals surface area contributed by atoms with Crippen molar-refractivity contribution in [2.24, 2.45) is 0 Å². The minimum absolute atomic E-state index is 0.648. The largest absolute Gasteiger partial charge is 0.358 e. The van der Waals surface area contributed by atoms with Gasteiger partial charge in [0.2, 0.25) is 5.13 Å². The molecule has 1 saturated carbocycles. The van der Waals surface area contributed by atoms with Gasteiger partial charge in [0.15, 0.2) is 5.82 Å². The number of hydrogen-bond acceptors (Lipinski definition) is 5. The number of hydrogen-bond donors (Lipinski definition) is 1. The number of aromatic nitrogens is 2. The lowest BCUT2D eigenvalue weighted by Crippen LogP contribution is -1.99. The molecule has 0 amide bonds. The smallest absolute Gasteiger partial charge is 0.202 e. The Labute approximate surface area is 115 Å². The van der Waals surface area contributed by atoms with E-state index in [0.29, 0.717) is 6.04 Å². The van der Waals surface area contributed by atoms with Gasteiger partial charge in [-0.05, 0) is 31.9 Å². The zero-order valence-electron chi connectivity index (χ0n) is 10.2. The molecule has 18 heavy (non-hydrogen) atoms. The highest BCUT2D eigenvalue weighted by molar-refractivity contribution is 7.98. The topological polar surface area (TPSA) is 37.8 Å². The highest BCUT2D eigenvalue weighted by atomic mass is 32.2. The minimum atomic E-state index is 0.648. The Morgan fingerprint density at radius 3 is 3.11 bits per heavy atom. The third-order valence-electron chi connectivity index (χ3n) is 2.73. The van der Waals surface area contributed by atoms with Crippen molar-refractivity contribution in [1.82, 2.24) is 9.36 Å². The van der Waals surface area contributed by atoms with E-state index in [1.54, 1.807) is 11.8 Å². The van der Waals surface area contributed by atoms with Crippen LogP contribution in [-0.4, -0.2) is 15.4 Å². The Morgan fingerprint density at radius 1 is 1.44 bits per heavy atom. The molecule has 1 aliphatic rings. The van der Waals surface area contributed by atoms with Crippen LogP contribution in [0.4, 0.5) is 5.13 Å². The number of nitrogens with one attached hydrogen (secondary N) is 1. The highest BCUT2D eigenvalue weighted by Gasteiger charge is 2.22. The number of anilines is 1. The standard InChI is InChI=1S/C13H15N3S2/c1-9-3-2-4-11(7-9)17-8-12-15-13(18-16-12)14-10-5-6-10/h2-4,7,10H,5-6,8H2,1H3,(H,14,15,16). The zero-order valence-corrected chi connectivity index (χ0v) is 11.9. The Bertz CT molecular complexity index is 535. The van der Waals surface area contributed by atoms with Crippen molar-refractivity contribution in [3.63, 3.8) is 0 Å². The molecule has 0 saturated heterocycles. The summed E-state index contributed by atoms with van der Waals surface area (Å²) in [4.78, 5) is 5.78. The molecule has 1 fully saturated rings. The lowest BCUT2D eigenvalue weighted by atomic mass is 10.2. The van der Waals surface area contributed by atoms with Crippen molar-refractivity contribution in [2.75, 3.05) is 5.32 Å². The maximum atomic E-state index is 4.50. The van der Waals surface area contributed by atoms with E-state index in [-0.39, 0.29) is 0 Å². The summed E-state index contributed by atoms with van der Waals surface area (Å²) in [5, 5.41) is 4.35. The second kappa shape index (κ2) is 5.28. The molecule has 0 unspecified atom stereocenters. The molecule has 0 atom stereocenters. The summed E-state index contributed by atoms with van der Waals surface area (Å²) in [5.41, 5.74) is 1.29. The van der Waals surface area contributed by atoms with Crippen LogP contribution in [0.3, 0.4) is 0 Å². The van der Waals surface area contributed by atoms with Gasteiger partial charge in [-0.3, -0.25) is 0 Å². The number of aryl methyl sites for hydroxylation is 1. The maximum Gasteiger partial charge on any atom is 0.202 e. The molecule has 1 aliphatic carbocycles. The predicted molar refractivity (Wildman–Crippen MR) is 77.3 cm³/mol. The average molecular weight is 277 g/mol. The fourth-order valence-electron chi connectivity index (χ4n) is 1.63. The van der Waals surface area contributed by atoms with Crippen molar-refractivity contribution < 1.29 is 0 Å². The molecule has 0 bridgehead atoms. The molecular weight excluding hydrogens is 262 g/mol. The van der Waals surface area contributed by atoms with E-state index in [1.165, 1.54) is 34.8 Å². The molecule has 1 aromatic heterocycles. The SMILES string of the molecule is Cc1cccc(SCc2nsc(NC3CC3)n2)c1. The van der Waals surface area contributed by atoms with E-state index >= 15 is 0 Å². The molecule has 1 N–H and O–H groups in total. The molecule has 1 aromatic carbocycles. The van der Waals surface area contributed by atoms with Gasteiger partial charge in [0, 0.05) is 22.5 Å². The minimum Gasteiger partial charge on any atom is -0.358 e. The van der Waals surface area contributed by atoms with Crippen molar-refractivity contribution in [1.29, 1.82) is 0 Å². The normalized spacial score (nSPS) is 14.7. The van der Waals surface area contributed by atoms with Crippen LogP contribution in [0, 0.1) is 6.92 Å². The van der Waals surface area contributed by atoms with Crippen LogP contribution in [0.5, 0.6) is 0 Å². The van der Waals surface area contributed by atoms with Gasteiger partial charge in [-0.25, -0.2) is 4.98 Å². The van der Waals surface area contributed by atoms with Gasteiger partial charge in [0.05, 0.1) is 5.75 Å². The number of nitrogens with zero attached hydrogens (tertiary/aromatic N) is 2. The van der Waals surface area contributed by atoms with E-state index < -0.39 is 0 Å². The summed E-state index contributed by atoms with van der Waals surface area (Å²) in [5.74, 6) is 1.77. The number of benzene rings is 1. The van der Waals surface area contributed by atoms with Gasteiger partial charge in [-0.15, -0.1) is 11.8 Å². The summed E-state index contributed by atoms with van der Waals surface area (Å²) in [7, 11) is 0. The summed E-state index contributed by atoms with van der Waals surface area (Å²) in [6.07, 6.45) is 2.54. The third kappa shape index (κ3) is 3.23. The lowest BCUT2D eigenvalue weighted by molar-refractivity contribution is 1.09. The van der Waals surface area contributed by atoms with Gasteiger partial charge in [-0.1, -0.05) is 17.7 Å². The van der Waals surface area contributed by atoms with E-state index in [2.05, 4.69) is 45.9 Å². The molecule has 3 nitrogen and oxygen atoms in total. The quantitative estimate of drug-likeness (QED) is 0.845. The Kier molecular flexibility index (Phi) is 3.52. The molecule has 2 aromatic rings. The van der Waals surface area contributed by atoms with E-state index in [0.717, 1.165) is 16.7 Å². The van der Waals surface area contributed by atoms with Gasteiger partial charge in [0.25, 0.3) is 0 Å². The van der Waals surface area contributed by atoms with Gasteiger partial charge < -0.3 is 5.32 Å². The zero-order chi connectivity index (χ0) is 12.4. The third-order valence-corrected chi connectivity index (χ3v) is 4.40. The molecule has 5 heteroatoms. The second-order valence-corrected chi connectivity index (χ2v) is 6.34. The first-order valence-corrected chi connectivity index (χ1v) is 7.84. The first-order chi connectivity index (χ1) is 8.79. The summed E-state index contributed by atoms with van der Waals surface area (Å²) < 4.78 is 4.38. The first-order valence-electron chi connectivity index (χ1n) is 6.08. The predicted octanol–water partition coefficient (Wildman–Crippen LogP) is 3.71. The number of rotatable bonds is 5. The average Bonchev–Trinajstić information content (AvgIpc) is 3.05. The summed E-state index contributed by atoms with van der Waals surface area (Å²) in [6, 6.07) is 9.18. The lowest BCUT2D eigenvalue weighted by Gasteiger charge is -2.00. The molecule has 0 spiro atoms. The van der Waals surface area contributed by atoms with Crippen LogP contribution in [0.15, 0.2) is 29.2 Å². The molecule has 94 valence electrons. The molecule has 1 heterocycles. The van der Waals surface area contributed by atoms with Gasteiger partial charge in [-0.2, -0.15) is 4.37 Å². The molecule has 3 rings (SSSR count). The fraction of sp³-hybridized carbons (Fsp3) is 0.385. The van der Waals surface area contributed by atoms with Crippen LogP contribution >= 0.6 is 23.3 Å². The van der Waals surface area contributed by atoms with Crippen LogP contribution in [-0.2, 0) is 5.75 Å². The molecular formula is C13H15N3S2. The fourth-order valence-corrected chi connectivity index (χ4v) is 3.24. The first kappa shape index (κ1) is 12.0. The van der Waals surface area contributed by atoms with Gasteiger partial charge >= 0.3 is 0 Å². The molecule has 0 aliphatic heterocycles. The number of thioether (sulfide) groups is 1.